The fraction of sp³-hybridized carbons (Fsp3) is 0.579. The van der Waals surface area contributed by atoms with Crippen molar-refractivity contribution in [3.63, 3.8) is 0 Å². The predicted octanol–water partition coefficient (Wildman–Crippen LogP) is 1.16. The third kappa shape index (κ3) is 5.44. The number of carbonyl (C=O) groups is 1. The number of piperidine rings is 1. The summed E-state index contributed by atoms with van der Waals surface area (Å²) in [5.41, 5.74) is 7.60. The van der Waals surface area contributed by atoms with Gasteiger partial charge in [0.25, 0.3) is 0 Å². The van der Waals surface area contributed by atoms with Crippen LogP contribution < -0.4 is 11.1 Å². The first-order valence-electron chi connectivity index (χ1n) is 9.03. The van der Waals surface area contributed by atoms with E-state index in [0.29, 0.717) is 0 Å². The summed E-state index contributed by atoms with van der Waals surface area (Å²) in [6.45, 7) is 7.03. The molecule has 0 aromatic carbocycles. The molecule has 0 radical (unpaired) electrons. The Morgan fingerprint density at radius 2 is 2.19 bits per heavy atom. The standard InChI is InChI=1S/C19H30N6O/c1-14-4-5-16(23-10-14)12-25-8-6-19(7-9-25,13-22-3)24-11-17(15(2)20)18(21)26/h4-5,10-11,17,20,22H,6-9,12-13H2,1-3H3,(H2,21,26). The number of likely N-dealkylation sites (N-methyl/N-ethyl adjacent to an activating group) is 1. The molecule has 7 nitrogen and oxygen atoms in total. The smallest absolute Gasteiger partial charge is 0.231 e. The second-order valence-corrected chi connectivity index (χ2v) is 7.20. The van der Waals surface area contributed by atoms with Crippen LogP contribution in [-0.2, 0) is 11.3 Å². The molecule has 0 spiro atoms. The Kier molecular flexibility index (Phi) is 6.99. The molecule has 7 heteroatoms. The molecule has 1 amide bonds. The Morgan fingerprint density at radius 1 is 1.50 bits per heavy atom. The van der Waals surface area contributed by atoms with Gasteiger partial charge in [-0.1, -0.05) is 6.07 Å². The zero-order valence-corrected chi connectivity index (χ0v) is 16.0. The van der Waals surface area contributed by atoms with E-state index in [-0.39, 0.29) is 11.3 Å². The van der Waals surface area contributed by atoms with Gasteiger partial charge in [0.15, 0.2) is 0 Å². The lowest BCUT2D eigenvalue weighted by atomic mass is 9.87. The molecular weight excluding hydrogens is 328 g/mol. The summed E-state index contributed by atoms with van der Waals surface area (Å²) < 4.78 is 0. The Balaban J connectivity index is 2.01. The number of amides is 1. The van der Waals surface area contributed by atoms with E-state index in [9.17, 15) is 4.79 Å². The van der Waals surface area contributed by atoms with Crippen molar-refractivity contribution in [1.29, 1.82) is 5.41 Å². The minimum absolute atomic E-state index is 0.226. The molecule has 0 saturated carbocycles. The van der Waals surface area contributed by atoms with Crippen LogP contribution in [0.5, 0.6) is 0 Å². The molecule has 1 saturated heterocycles. The number of aliphatic imine (C=N–C) groups is 1. The molecule has 0 bridgehead atoms. The number of carbonyl (C=O) groups excluding carboxylic acids is 1. The van der Waals surface area contributed by atoms with Gasteiger partial charge in [-0.05, 0) is 45.4 Å². The number of rotatable bonds is 8. The van der Waals surface area contributed by atoms with Gasteiger partial charge in [-0.3, -0.25) is 19.7 Å². The molecule has 2 rings (SSSR count). The maximum absolute atomic E-state index is 11.5. The maximum Gasteiger partial charge on any atom is 0.231 e. The minimum Gasteiger partial charge on any atom is -0.369 e. The van der Waals surface area contributed by atoms with Gasteiger partial charge in [-0.15, -0.1) is 0 Å². The Morgan fingerprint density at radius 3 is 2.69 bits per heavy atom. The van der Waals surface area contributed by atoms with Crippen LogP contribution in [0.25, 0.3) is 0 Å². The highest BCUT2D eigenvalue weighted by molar-refractivity contribution is 6.13. The van der Waals surface area contributed by atoms with Crippen LogP contribution in [0, 0.1) is 18.3 Å². The molecule has 1 aromatic rings. The number of aryl methyl sites for hydroxylation is 1. The SMILES string of the molecule is CNCC1(N=CC(C(C)=N)C(N)=O)CCN(Cc2ccc(C)cn2)CC1. The molecule has 142 valence electrons. The van der Waals surface area contributed by atoms with Crippen LogP contribution in [0.2, 0.25) is 0 Å². The van der Waals surface area contributed by atoms with Crippen LogP contribution in [0.1, 0.15) is 31.0 Å². The van der Waals surface area contributed by atoms with Crippen LogP contribution in [0.3, 0.4) is 0 Å². The fourth-order valence-electron chi connectivity index (χ4n) is 3.26. The van der Waals surface area contributed by atoms with Gasteiger partial charge in [0.2, 0.25) is 5.91 Å². The molecular formula is C19H30N6O. The largest absolute Gasteiger partial charge is 0.369 e. The quantitative estimate of drug-likeness (QED) is 0.606. The van der Waals surface area contributed by atoms with E-state index >= 15 is 0 Å². The van der Waals surface area contributed by atoms with E-state index in [1.54, 1.807) is 13.1 Å². The molecule has 4 N–H and O–H groups in total. The van der Waals surface area contributed by atoms with Crippen LogP contribution in [-0.4, -0.2) is 59.9 Å². The number of pyridine rings is 1. The molecule has 1 aromatic heterocycles. The second kappa shape index (κ2) is 9.00. The monoisotopic (exact) mass is 358 g/mol. The number of hydrogen-bond acceptors (Lipinski definition) is 6. The summed E-state index contributed by atoms with van der Waals surface area (Å²) in [6.07, 6.45) is 5.25. The first-order chi connectivity index (χ1) is 12.3. The van der Waals surface area contributed by atoms with Crippen LogP contribution >= 0.6 is 0 Å². The summed E-state index contributed by atoms with van der Waals surface area (Å²) in [4.78, 5) is 23.1. The zero-order chi connectivity index (χ0) is 19.2. The zero-order valence-electron chi connectivity index (χ0n) is 16.0. The molecule has 2 heterocycles. The lowest BCUT2D eigenvalue weighted by Crippen LogP contribution is -2.48. The van der Waals surface area contributed by atoms with Crippen molar-refractivity contribution in [3.05, 3.63) is 29.6 Å². The molecule has 1 atom stereocenters. The van der Waals surface area contributed by atoms with Gasteiger partial charge in [-0.2, -0.15) is 0 Å². The topological polar surface area (TPSA) is 107 Å². The Labute approximate surface area is 155 Å². The summed E-state index contributed by atoms with van der Waals surface area (Å²) in [5, 5.41) is 10.9. The molecule has 26 heavy (non-hydrogen) atoms. The third-order valence-corrected chi connectivity index (χ3v) is 4.92. The maximum atomic E-state index is 11.5. The van der Waals surface area contributed by atoms with Crippen molar-refractivity contribution in [2.24, 2.45) is 16.6 Å². The first-order valence-corrected chi connectivity index (χ1v) is 9.03. The molecule has 1 aliphatic rings. The van der Waals surface area contributed by atoms with Crippen molar-refractivity contribution in [3.8, 4) is 0 Å². The number of nitrogens with zero attached hydrogens (tertiary/aromatic N) is 3. The minimum atomic E-state index is -0.724. The predicted molar refractivity (Wildman–Crippen MR) is 105 cm³/mol. The number of primary amides is 1. The Bertz CT molecular complexity index is 632. The Hall–Kier alpha value is -2.12. The fourth-order valence-corrected chi connectivity index (χ4v) is 3.26. The van der Waals surface area contributed by atoms with Crippen molar-refractivity contribution in [2.75, 3.05) is 26.7 Å². The highest BCUT2D eigenvalue weighted by Gasteiger charge is 2.34. The highest BCUT2D eigenvalue weighted by atomic mass is 16.1. The second-order valence-electron chi connectivity index (χ2n) is 7.20. The van der Waals surface area contributed by atoms with Crippen molar-refractivity contribution in [1.82, 2.24) is 15.2 Å². The highest BCUT2D eigenvalue weighted by Crippen LogP contribution is 2.27. The molecule has 1 aliphatic heterocycles. The average Bonchev–Trinajstić information content (AvgIpc) is 2.59. The summed E-state index contributed by atoms with van der Waals surface area (Å²) in [6, 6.07) is 4.17. The van der Waals surface area contributed by atoms with E-state index in [0.717, 1.165) is 44.7 Å². The lowest BCUT2D eigenvalue weighted by Gasteiger charge is -2.39. The van der Waals surface area contributed by atoms with Gasteiger partial charge in [0.1, 0.15) is 5.92 Å². The number of hydrogen-bond donors (Lipinski definition) is 3. The van der Waals surface area contributed by atoms with Gasteiger partial charge >= 0.3 is 0 Å². The first kappa shape index (κ1) is 20.2. The molecule has 1 unspecified atom stereocenters. The van der Waals surface area contributed by atoms with Gasteiger partial charge in [0, 0.05) is 44.3 Å². The summed E-state index contributed by atoms with van der Waals surface area (Å²) in [5.74, 6) is -1.25. The van der Waals surface area contributed by atoms with Crippen molar-refractivity contribution in [2.45, 2.75) is 38.8 Å². The van der Waals surface area contributed by atoms with E-state index in [1.165, 1.54) is 5.56 Å². The lowest BCUT2D eigenvalue weighted by molar-refractivity contribution is -0.118. The van der Waals surface area contributed by atoms with E-state index in [1.807, 2.05) is 20.2 Å². The van der Waals surface area contributed by atoms with E-state index < -0.39 is 11.8 Å². The van der Waals surface area contributed by atoms with Gasteiger partial charge < -0.3 is 16.5 Å². The van der Waals surface area contributed by atoms with Gasteiger partial charge in [0.05, 0.1) is 11.2 Å². The van der Waals surface area contributed by atoms with Crippen molar-refractivity contribution >= 4 is 17.8 Å². The average molecular weight is 358 g/mol. The van der Waals surface area contributed by atoms with Crippen molar-refractivity contribution < 1.29 is 4.79 Å². The molecule has 1 fully saturated rings. The normalized spacial score (nSPS) is 18.7. The van der Waals surface area contributed by atoms with E-state index in [4.69, 9.17) is 16.1 Å². The van der Waals surface area contributed by atoms with Crippen LogP contribution in [0.15, 0.2) is 23.3 Å². The van der Waals surface area contributed by atoms with Gasteiger partial charge in [-0.25, -0.2) is 0 Å². The number of nitrogens with one attached hydrogen (secondary N) is 2. The van der Waals surface area contributed by atoms with Crippen LogP contribution in [0.4, 0.5) is 0 Å². The summed E-state index contributed by atoms with van der Waals surface area (Å²) >= 11 is 0. The summed E-state index contributed by atoms with van der Waals surface area (Å²) in [7, 11) is 1.91. The number of nitrogens with two attached hydrogens (primary N) is 1. The van der Waals surface area contributed by atoms with E-state index in [2.05, 4.69) is 27.3 Å². The molecule has 0 aliphatic carbocycles. The third-order valence-electron chi connectivity index (χ3n) is 4.92. The number of aromatic nitrogens is 1. The number of likely N-dealkylation sites (tertiary alicyclic amines) is 1.